The quantitative estimate of drug-likeness (QED) is 0.733. The lowest BCUT2D eigenvalue weighted by molar-refractivity contribution is 1.14. The Morgan fingerprint density at radius 1 is 0.947 bits per heavy atom. The molecule has 4 heteroatoms. The topological polar surface area (TPSA) is 37.8 Å². The second-order valence-corrected chi connectivity index (χ2v) is 4.55. The number of aromatic nitrogens is 2. The second-order valence-electron chi connectivity index (χ2n) is 4.19. The fourth-order valence-electron chi connectivity index (χ4n) is 2.02. The molecule has 0 aliphatic heterocycles. The van der Waals surface area contributed by atoms with E-state index in [0.29, 0.717) is 11.7 Å². The molecule has 0 unspecified atom stereocenters. The molecule has 1 N–H and O–H groups in total. The van der Waals surface area contributed by atoms with Crippen LogP contribution in [0.2, 0.25) is 5.15 Å². The molecule has 2 heterocycles. The average molecular weight is 270 g/mol. The van der Waals surface area contributed by atoms with Crippen LogP contribution in [0, 0.1) is 0 Å². The SMILES string of the molecule is Clc1ncccc1NCc1cccc2cccnc12. The number of hydrogen-bond acceptors (Lipinski definition) is 3. The Morgan fingerprint density at radius 3 is 2.63 bits per heavy atom. The smallest absolute Gasteiger partial charge is 0.152 e. The van der Waals surface area contributed by atoms with Crippen molar-refractivity contribution in [2.75, 3.05) is 5.32 Å². The summed E-state index contributed by atoms with van der Waals surface area (Å²) in [5, 5.41) is 4.91. The third kappa shape index (κ3) is 2.51. The Balaban J connectivity index is 1.88. The molecular formula is C15H12ClN3. The van der Waals surface area contributed by atoms with Gasteiger partial charge in [0, 0.05) is 24.3 Å². The molecule has 94 valence electrons. The zero-order chi connectivity index (χ0) is 13.1. The van der Waals surface area contributed by atoms with Gasteiger partial charge in [-0.3, -0.25) is 4.98 Å². The average Bonchev–Trinajstić information content (AvgIpc) is 2.46. The predicted octanol–water partition coefficient (Wildman–Crippen LogP) is 3.90. The van der Waals surface area contributed by atoms with Crippen molar-refractivity contribution in [1.29, 1.82) is 0 Å². The molecule has 0 fully saturated rings. The van der Waals surface area contributed by atoms with Gasteiger partial charge >= 0.3 is 0 Å². The minimum Gasteiger partial charge on any atom is -0.378 e. The minimum atomic E-state index is 0.482. The molecule has 0 saturated carbocycles. The maximum atomic E-state index is 6.02. The number of anilines is 1. The second kappa shape index (κ2) is 5.24. The van der Waals surface area contributed by atoms with Gasteiger partial charge in [0.2, 0.25) is 0 Å². The van der Waals surface area contributed by atoms with Gasteiger partial charge in [0.25, 0.3) is 0 Å². The van der Waals surface area contributed by atoms with E-state index in [4.69, 9.17) is 11.6 Å². The zero-order valence-electron chi connectivity index (χ0n) is 10.2. The van der Waals surface area contributed by atoms with E-state index in [-0.39, 0.29) is 0 Å². The van der Waals surface area contributed by atoms with Crippen LogP contribution >= 0.6 is 11.6 Å². The highest BCUT2D eigenvalue weighted by Crippen LogP contribution is 2.21. The number of pyridine rings is 2. The molecule has 0 aliphatic rings. The van der Waals surface area contributed by atoms with Crippen LogP contribution in [0.1, 0.15) is 5.56 Å². The molecule has 3 rings (SSSR count). The first-order valence-electron chi connectivity index (χ1n) is 6.01. The summed E-state index contributed by atoms with van der Waals surface area (Å²) in [7, 11) is 0. The first-order chi connectivity index (χ1) is 9.34. The van der Waals surface area contributed by atoms with Crippen LogP contribution in [-0.4, -0.2) is 9.97 Å². The van der Waals surface area contributed by atoms with E-state index in [1.165, 1.54) is 0 Å². The standard InChI is InChI=1S/C15H12ClN3/c16-15-13(7-3-9-18-15)19-10-12-5-1-4-11-6-2-8-17-14(11)12/h1-9,19H,10H2. The number of halogens is 1. The summed E-state index contributed by atoms with van der Waals surface area (Å²) in [5.41, 5.74) is 2.98. The molecule has 3 aromatic rings. The number of fused-ring (bicyclic) bond motifs is 1. The number of hydrogen-bond donors (Lipinski definition) is 1. The summed E-state index contributed by atoms with van der Waals surface area (Å²) in [6.07, 6.45) is 3.48. The summed E-state index contributed by atoms with van der Waals surface area (Å²) < 4.78 is 0. The molecule has 0 spiro atoms. The van der Waals surface area contributed by atoms with Gasteiger partial charge in [-0.15, -0.1) is 0 Å². The molecule has 0 radical (unpaired) electrons. The van der Waals surface area contributed by atoms with Gasteiger partial charge in [-0.05, 0) is 23.8 Å². The van der Waals surface area contributed by atoms with Crippen LogP contribution in [0.3, 0.4) is 0 Å². The number of nitrogens with one attached hydrogen (secondary N) is 1. The molecule has 0 amide bonds. The molecule has 0 bridgehead atoms. The Bertz CT molecular complexity index is 707. The van der Waals surface area contributed by atoms with Crippen molar-refractivity contribution in [3.63, 3.8) is 0 Å². The maximum Gasteiger partial charge on any atom is 0.152 e. The summed E-state index contributed by atoms with van der Waals surface area (Å²) in [6.45, 7) is 0.666. The van der Waals surface area contributed by atoms with Crippen LogP contribution in [0.5, 0.6) is 0 Å². The minimum absolute atomic E-state index is 0.482. The van der Waals surface area contributed by atoms with Gasteiger partial charge < -0.3 is 5.32 Å². The normalized spacial score (nSPS) is 10.6. The summed E-state index contributed by atoms with van der Waals surface area (Å²) in [6, 6.07) is 13.9. The molecule has 2 aromatic heterocycles. The van der Waals surface area contributed by atoms with Gasteiger partial charge in [-0.1, -0.05) is 35.9 Å². The zero-order valence-corrected chi connectivity index (χ0v) is 10.9. The molecule has 3 nitrogen and oxygen atoms in total. The predicted molar refractivity (Wildman–Crippen MR) is 78.3 cm³/mol. The maximum absolute atomic E-state index is 6.02. The number of para-hydroxylation sites is 1. The Kier molecular flexibility index (Phi) is 3.29. The fourth-order valence-corrected chi connectivity index (χ4v) is 2.20. The summed E-state index contributed by atoms with van der Waals surface area (Å²) in [5.74, 6) is 0. The van der Waals surface area contributed by atoms with Crippen molar-refractivity contribution >= 4 is 28.2 Å². The van der Waals surface area contributed by atoms with E-state index in [1.807, 2.05) is 30.5 Å². The van der Waals surface area contributed by atoms with E-state index >= 15 is 0 Å². The lowest BCUT2D eigenvalue weighted by Gasteiger charge is -2.09. The number of rotatable bonds is 3. The van der Waals surface area contributed by atoms with E-state index in [9.17, 15) is 0 Å². The molecule has 1 aromatic carbocycles. The van der Waals surface area contributed by atoms with E-state index in [1.54, 1.807) is 6.20 Å². The van der Waals surface area contributed by atoms with E-state index in [2.05, 4.69) is 33.5 Å². The van der Waals surface area contributed by atoms with Crippen molar-refractivity contribution < 1.29 is 0 Å². The highest BCUT2D eigenvalue weighted by molar-refractivity contribution is 6.31. The molecule has 19 heavy (non-hydrogen) atoms. The summed E-state index contributed by atoms with van der Waals surface area (Å²) >= 11 is 6.02. The number of nitrogens with zero attached hydrogens (tertiary/aromatic N) is 2. The lowest BCUT2D eigenvalue weighted by atomic mass is 10.1. The van der Waals surface area contributed by atoms with Crippen LogP contribution in [0.15, 0.2) is 54.9 Å². The van der Waals surface area contributed by atoms with Crippen molar-refractivity contribution in [1.82, 2.24) is 9.97 Å². The Labute approximate surface area is 116 Å². The molecular weight excluding hydrogens is 258 g/mol. The van der Waals surface area contributed by atoms with E-state index in [0.717, 1.165) is 22.2 Å². The first-order valence-corrected chi connectivity index (χ1v) is 6.39. The van der Waals surface area contributed by atoms with Crippen LogP contribution in [0.4, 0.5) is 5.69 Å². The Morgan fingerprint density at radius 2 is 1.74 bits per heavy atom. The third-order valence-corrected chi connectivity index (χ3v) is 3.25. The molecule has 0 aliphatic carbocycles. The first kappa shape index (κ1) is 11.9. The molecule has 0 atom stereocenters. The van der Waals surface area contributed by atoms with Gasteiger partial charge in [0.05, 0.1) is 11.2 Å². The van der Waals surface area contributed by atoms with Crippen molar-refractivity contribution in [3.05, 3.63) is 65.6 Å². The van der Waals surface area contributed by atoms with Crippen LogP contribution in [-0.2, 0) is 6.54 Å². The van der Waals surface area contributed by atoms with Crippen LogP contribution in [0.25, 0.3) is 10.9 Å². The lowest BCUT2D eigenvalue weighted by Crippen LogP contribution is -2.01. The van der Waals surface area contributed by atoms with Gasteiger partial charge in [-0.2, -0.15) is 0 Å². The van der Waals surface area contributed by atoms with Crippen molar-refractivity contribution in [3.8, 4) is 0 Å². The molecule has 0 saturated heterocycles. The largest absolute Gasteiger partial charge is 0.378 e. The van der Waals surface area contributed by atoms with Crippen molar-refractivity contribution in [2.45, 2.75) is 6.54 Å². The number of benzene rings is 1. The Hall–Kier alpha value is -2.13. The van der Waals surface area contributed by atoms with Gasteiger partial charge in [-0.25, -0.2) is 4.98 Å². The third-order valence-electron chi connectivity index (χ3n) is 2.94. The van der Waals surface area contributed by atoms with E-state index < -0.39 is 0 Å². The highest BCUT2D eigenvalue weighted by Gasteiger charge is 2.03. The van der Waals surface area contributed by atoms with Gasteiger partial charge in [0.1, 0.15) is 0 Å². The van der Waals surface area contributed by atoms with Crippen molar-refractivity contribution in [2.24, 2.45) is 0 Å². The highest BCUT2D eigenvalue weighted by atomic mass is 35.5. The fraction of sp³-hybridized carbons (Fsp3) is 0.0667. The summed E-state index contributed by atoms with van der Waals surface area (Å²) in [4.78, 5) is 8.47. The monoisotopic (exact) mass is 269 g/mol. The van der Waals surface area contributed by atoms with Crippen LogP contribution < -0.4 is 5.32 Å². The van der Waals surface area contributed by atoms with Gasteiger partial charge in [0.15, 0.2) is 5.15 Å².